The van der Waals surface area contributed by atoms with Gasteiger partial charge in [0.05, 0.1) is 20.1 Å². The van der Waals surface area contributed by atoms with Crippen LogP contribution < -0.4 is 10.1 Å². The highest BCUT2D eigenvalue weighted by Crippen LogP contribution is 2.21. The van der Waals surface area contributed by atoms with Gasteiger partial charge in [0, 0.05) is 6.04 Å². The van der Waals surface area contributed by atoms with Gasteiger partial charge in [-0.2, -0.15) is 0 Å². The summed E-state index contributed by atoms with van der Waals surface area (Å²) in [4.78, 5) is 11.4. The Morgan fingerprint density at radius 1 is 1.47 bits per heavy atom. The third-order valence-electron chi connectivity index (χ3n) is 2.52. The Labute approximate surface area is 102 Å². The van der Waals surface area contributed by atoms with E-state index >= 15 is 0 Å². The Bertz CT molecular complexity index is 365. The molecule has 1 aromatic rings. The van der Waals surface area contributed by atoms with Gasteiger partial charge in [0.2, 0.25) is 0 Å². The van der Waals surface area contributed by atoms with E-state index in [1.807, 2.05) is 31.3 Å². The number of nitrogens with one attached hydrogen (secondary N) is 1. The van der Waals surface area contributed by atoms with E-state index in [0.717, 1.165) is 11.3 Å². The van der Waals surface area contributed by atoms with Crippen LogP contribution in [0.5, 0.6) is 5.75 Å². The van der Waals surface area contributed by atoms with Gasteiger partial charge in [-0.25, -0.2) is 0 Å². The maximum Gasteiger partial charge on any atom is 0.307 e. The fraction of sp³-hybridized carbons (Fsp3) is 0.462. The number of carbonyl (C=O) groups is 1. The zero-order valence-electron chi connectivity index (χ0n) is 10.5. The summed E-state index contributed by atoms with van der Waals surface area (Å²) in [7, 11) is 3.45. The SMILES string of the molecule is CCOC(=O)CC(NC)c1cccc(OC)c1. The number of benzene rings is 1. The van der Waals surface area contributed by atoms with Crippen molar-refractivity contribution in [2.24, 2.45) is 0 Å². The Kier molecular flexibility index (Phi) is 5.49. The van der Waals surface area contributed by atoms with Crippen LogP contribution in [0.2, 0.25) is 0 Å². The molecule has 0 aliphatic rings. The molecule has 17 heavy (non-hydrogen) atoms. The van der Waals surface area contributed by atoms with E-state index in [1.54, 1.807) is 14.0 Å². The number of rotatable bonds is 6. The molecule has 4 heteroatoms. The van der Waals surface area contributed by atoms with Gasteiger partial charge in [-0.3, -0.25) is 4.79 Å². The first kappa shape index (κ1) is 13.5. The maximum atomic E-state index is 11.4. The molecule has 4 nitrogen and oxygen atoms in total. The molecule has 1 rings (SSSR count). The van der Waals surface area contributed by atoms with Gasteiger partial charge in [0.15, 0.2) is 0 Å². The van der Waals surface area contributed by atoms with Crippen LogP contribution in [0, 0.1) is 0 Å². The van der Waals surface area contributed by atoms with Crippen LogP contribution in [0.4, 0.5) is 0 Å². The lowest BCUT2D eigenvalue weighted by atomic mass is 10.0. The fourth-order valence-corrected chi connectivity index (χ4v) is 1.63. The Morgan fingerprint density at radius 3 is 2.82 bits per heavy atom. The number of carbonyl (C=O) groups excluding carboxylic acids is 1. The van der Waals surface area contributed by atoms with Gasteiger partial charge >= 0.3 is 5.97 Å². The van der Waals surface area contributed by atoms with E-state index in [9.17, 15) is 4.79 Å². The topological polar surface area (TPSA) is 47.6 Å². The number of hydrogen-bond donors (Lipinski definition) is 1. The van der Waals surface area contributed by atoms with E-state index in [-0.39, 0.29) is 12.0 Å². The molecule has 0 bridgehead atoms. The average molecular weight is 237 g/mol. The second-order valence-electron chi connectivity index (χ2n) is 3.63. The molecule has 0 saturated carbocycles. The van der Waals surface area contributed by atoms with Crippen LogP contribution in [0.3, 0.4) is 0 Å². The molecule has 0 amide bonds. The minimum Gasteiger partial charge on any atom is -0.497 e. The predicted molar refractivity (Wildman–Crippen MR) is 66.0 cm³/mol. The van der Waals surface area contributed by atoms with E-state index < -0.39 is 0 Å². The highest BCUT2D eigenvalue weighted by molar-refractivity contribution is 5.70. The fourth-order valence-electron chi connectivity index (χ4n) is 1.63. The Balaban J connectivity index is 2.74. The van der Waals surface area contributed by atoms with E-state index in [0.29, 0.717) is 13.0 Å². The molecule has 0 saturated heterocycles. The molecule has 0 spiro atoms. The summed E-state index contributed by atoms with van der Waals surface area (Å²) in [6.07, 6.45) is 0.317. The van der Waals surface area contributed by atoms with Crippen LogP contribution in [0.15, 0.2) is 24.3 Å². The summed E-state index contributed by atoms with van der Waals surface area (Å²) in [5.74, 6) is 0.585. The van der Waals surface area contributed by atoms with Crippen molar-refractivity contribution in [2.75, 3.05) is 20.8 Å². The number of hydrogen-bond acceptors (Lipinski definition) is 4. The third kappa shape index (κ3) is 4.07. The summed E-state index contributed by atoms with van der Waals surface area (Å²) in [6.45, 7) is 2.21. The zero-order valence-corrected chi connectivity index (χ0v) is 10.5. The summed E-state index contributed by atoms with van der Waals surface area (Å²) >= 11 is 0. The van der Waals surface area contributed by atoms with Crippen molar-refractivity contribution in [1.29, 1.82) is 0 Å². The lowest BCUT2D eigenvalue weighted by Crippen LogP contribution is -2.21. The molecule has 1 unspecified atom stereocenters. The molecule has 0 radical (unpaired) electrons. The molecule has 94 valence electrons. The van der Waals surface area contributed by atoms with Crippen LogP contribution in [-0.2, 0) is 9.53 Å². The first-order valence-corrected chi connectivity index (χ1v) is 5.68. The zero-order chi connectivity index (χ0) is 12.7. The Morgan fingerprint density at radius 2 is 2.24 bits per heavy atom. The van der Waals surface area contributed by atoms with Crippen LogP contribution in [0.1, 0.15) is 24.9 Å². The second-order valence-corrected chi connectivity index (χ2v) is 3.63. The summed E-state index contributed by atoms with van der Waals surface area (Å²) in [6, 6.07) is 7.61. The Hall–Kier alpha value is -1.55. The van der Waals surface area contributed by atoms with Gasteiger partial charge in [-0.05, 0) is 31.7 Å². The molecule has 0 aliphatic heterocycles. The van der Waals surface area contributed by atoms with Crippen LogP contribution in [-0.4, -0.2) is 26.7 Å². The van der Waals surface area contributed by atoms with Crippen molar-refractivity contribution in [3.63, 3.8) is 0 Å². The van der Waals surface area contributed by atoms with E-state index in [2.05, 4.69) is 5.32 Å². The third-order valence-corrected chi connectivity index (χ3v) is 2.52. The van der Waals surface area contributed by atoms with Crippen LogP contribution in [0.25, 0.3) is 0 Å². The second kappa shape index (κ2) is 6.91. The summed E-state index contributed by atoms with van der Waals surface area (Å²) in [5.41, 5.74) is 1.01. The smallest absolute Gasteiger partial charge is 0.307 e. The van der Waals surface area contributed by atoms with Crippen molar-refractivity contribution >= 4 is 5.97 Å². The number of methoxy groups -OCH3 is 1. The monoisotopic (exact) mass is 237 g/mol. The highest BCUT2D eigenvalue weighted by atomic mass is 16.5. The molecule has 1 aromatic carbocycles. The maximum absolute atomic E-state index is 11.4. The van der Waals surface area contributed by atoms with E-state index in [1.165, 1.54) is 0 Å². The predicted octanol–water partition coefficient (Wildman–Crippen LogP) is 1.91. The average Bonchev–Trinajstić information content (AvgIpc) is 2.36. The molecular weight excluding hydrogens is 218 g/mol. The molecule has 0 fully saturated rings. The quantitative estimate of drug-likeness (QED) is 0.768. The first-order valence-electron chi connectivity index (χ1n) is 5.68. The van der Waals surface area contributed by atoms with Gasteiger partial charge in [-0.15, -0.1) is 0 Å². The van der Waals surface area contributed by atoms with Crippen molar-refractivity contribution in [3.05, 3.63) is 29.8 Å². The summed E-state index contributed by atoms with van der Waals surface area (Å²) < 4.78 is 10.1. The molecule has 0 heterocycles. The standard InChI is InChI=1S/C13H19NO3/c1-4-17-13(15)9-12(14-2)10-6-5-7-11(8-10)16-3/h5-8,12,14H,4,9H2,1-3H3. The van der Waals surface area contributed by atoms with Crippen molar-refractivity contribution in [3.8, 4) is 5.75 Å². The van der Waals surface area contributed by atoms with Crippen molar-refractivity contribution < 1.29 is 14.3 Å². The molecule has 1 N–H and O–H groups in total. The van der Waals surface area contributed by atoms with E-state index in [4.69, 9.17) is 9.47 Å². The largest absolute Gasteiger partial charge is 0.497 e. The van der Waals surface area contributed by atoms with Crippen molar-refractivity contribution in [2.45, 2.75) is 19.4 Å². The van der Waals surface area contributed by atoms with Crippen molar-refractivity contribution in [1.82, 2.24) is 5.32 Å². The normalized spacial score (nSPS) is 11.9. The van der Waals surface area contributed by atoms with Crippen LogP contribution >= 0.6 is 0 Å². The molecule has 0 aromatic heterocycles. The van der Waals surface area contributed by atoms with Gasteiger partial charge in [0.1, 0.15) is 5.75 Å². The lowest BCUT2D eigenvalue weighted by molar-refractivity contribution is -0.143. The molecule has 0 aliphatic carbocycles. The molecular formula is C13H19NO3. The number of ether oxygens (including phenoxy) is 2. The summed E-state index contributed by atoms with van der Waals surface area (Å²) in [5, 5.41) is 3.10. The van der Waals surface area contributed by atoms with Gasteiger partial charge < -0.3 is 14.8 Å². The van der Waals surface area contributed by atoms with Gasteiger partial charge in [0.25, 0.3) is 0 Å². The first-order chi connectivity index (χ1) is 8.21. The van der Waals surface area contributed by atoms with Gasteiger partial charge in [-0.1, -0.05) is 12.1 Å². The minimum atomic E-state index is -0.199. The minimum absolute atomic E-state index is 0.0517. The molecule has 1 atom stereocenters. The lowest BCUT2D eigenvalue weighted by Gasteiger charge is -2.16. The highest BCUT2D eigenvalue weighted by Gasteiger charge is 2.15. The number of esters is 1.